The van der Waals surface area contributed by atoms with E-state index in [1.807, 2.05) is 14.0 Å². The molecule has 0 spiro atoms. The Morgan fingerprint density at radius 1 is 1.47 bits per heavy atom. The summed E-state index contributed by atoms with van der Waals surface area (Å²) in [5, 5.41) is 3.21. The molecule has 4 nitrogen and oxygen atoms in total. The van der Waals surface area contributed by atoms with Gasteiger partial charge in [-0.3, -0.25) is 4.79 Å². The second-order valence-electron chi connectivity index (χ2n) is 5.15. The van der Waals surface area contributed by atoms with Gasteiger partial charge >= 0.3 is 0 Å². The van der Waals surface area contributed by atoms with Gasteiger partial charge in [-0.25, -0.2) is 0 Å². The minimum absolute atomic E-state index is 0.142. The molecule has 0 fully saturated rings. The molecule has 104 valence electrons. The average molecular weight is 261 g/mol. The first-order chi connectivity index (χ1) is 9.11. The van der Waals surface area contributed by atoms with Crippen LogP contribution in [-0.4, -0.2) is 44.5 Å². The molecule has 1 amide bonds. The number of anilines is 1. The molecule has 0 unspecified atom stereocenters. The molecule has 1 aliphatic rings. The predicted molar refractivity (Wildman–Crippen MR) is 78.4 cm³/mol. The van der Waals surface area contributed by atoms with Gasteiger partial charge in [0.1, 0.15) is 0 Å². The molecular formula is C15H23N3O. The summed E-state index contributed by atoms with van der Waals surface area (Å²) in [6, 6.07) is 6.57. The molecular weight excluding hydrogens is 238 g/mol. The molecule has 19 heavy (non-hydrogen) atoms. The zero-order chi connectivity index (χ0) is 13.8. The van der Waals surface area contributed by atoms with E-state index in [2.05, 4.69) is 35.5 Å². The molecule has 1 aliphatic heterocycles. The Morgan fingerprint density at radius 3 is 3.00 bits per heavy atom. The number of hydrogen-bond donors (Lipinski definition) is 1. The third-order valence-electron chi connectivity index (χ3n) is 3.78. The fourth-order valence-corrected chi connectivity index (χ4v) is 2.36. The van der Waals surface area contributed by atoms with Crippen LogP contribution >= 0.6 is 0 Å². The monoisotopic (exact) mass is 261 g/mol. The second kappa shape index (κ2) is 6.06. The van der Waals surface area contributed by atoms with Gasteiger partial charge in [0.2, 0.25) is 5.91 Å². The topological polar surface area (TPSA) is 35.6 Å². The van der Waals surface area contributed by atoms with Crippen LogP contribution in [0.1, 0.15) is 18.1 Å². The van der Waals surface area contributed by atoms with Gasteiger partial charge in [0.25, 0.3) is 0 Å². The van der Waals surface area contributed by atoms with Crippen LogP contribution in [0.2, 0.25) is 0 Å². The van der Waals surface area contributed by atoms with Crippen LogP contribution < -0.4 is 10.2 Å². The van der Waals surface area contributed by atoms with Crippen LogP contribution in [0.3, 0.4) is 0 Å². The molecule has 0 aromatic heterocycles. The smallest absolute Gasteiger partial charge is 0.236 e. The van der Waals surface area contributed by atoms with Crippen molar-refractivity contribution in [3.63, 3.8) is 0 Å². The molecule has 1 aromatic carbocycles. The van der Waals surface area contributed by atoms with Crippen molar-refractivity contribution in [1.29, 1.82) is 0 Å². The second-order valence-corrected chi connectivity index (χ2v) is 5.15. The standard InChI is InChI=1S/C15H23N3O/c1-4-17(2)15(19)11-16-10-12-5-6-14-13(9-12)7-8-18(14)3/h5-6,9,16H,4,7-8,10-11H2,1-3H3. The third kappa shape index (κ3) is 3.26. The summed E-state index contributed by atoms with van der Waals surface area (Å²) in [4.78, 5) is 15.7. The fourth-order valence-electron chi connectivity index (χ4n) is 2.36. The first-order valence-electron chi connectivity index (χ1n) is 6.89. The third-order valence-corrected chi connectivity index (χ3v) is 3.78. The van der Waals surface area contributed by atoms with Gasteiger partial charge in [-0.05, 0) is 30.5 Å². The van der Waals surface area contributed by atoms with Crippen LogP contribution in [0.5, 0.6) is 0 Å². The van der Waals surface area contributed by atoms with Gasteiger partial charge in [0.15, 0.2) is 0 Å². The Morgan fingerprint density at radius 2 is 2.26 bits per heavy atom. The molecule has 0 radical (unpaired) electrons. The zero-order valence-electron chi connectivity index (χ0n) is 12.1. The minimum atomic E-state index is 0.142. The summed E-state index contributed by atoms with van der Waals surface area (Å²) >= 11 is 0. The lowest BCUT2D eigenvalue weighted by molar-refractivity contribution is -0.128. The number of nitrogens with zero attached hydrogens (tertiary/aromatic N) is 2. The fraction of sp³-hybridized carbons (Fsp3) is 0.533. The largest absolute Gasteiger partial charge is 0.374 e. The quantitative estimate of drug-likeness (QED) is 0.866. The summed E-state index contributed by atoms with van der Waals surface area (Å²) in [5.41, 5.74) is 4.00. The summed E-state index contributed by atoms with van der Waals surface area (Å²) < 4.78 is 0. The van der Waals surface area contributed by atoms with Gasteiger partial charge in [-0.1, -0.05) is 12.1 Å². The van der Waals surface area contributed by atoms with Crippen LogP contribution in [0, 0.1) is 0 Å². The van der Waals surface area contributed by atoms with Crippen molar-refractivity contribution >= 4 is 11.6 Å². The first kappa shape index (κ1) is 13.9. The Balaban J connectivity index is 1.86. The van der Waals surface area contributed by atoms with Gasteiger partial charge in [-0.2, -0.15) is 0 Å². The van der Waals surface area contributed by atoms with Crippen molar-refractivity contribution in [2.75, 3.05) is 38.6 Å². The summed E-state index contributed by atoms with van der Waals surface area (Å²) in [6.45, 7) is 4.99. The number of hydrogen-bond acceptors (Lipinski definition) is 3. The van der Waals surface area contributed by atoms with E-state index in [4.69, 9.17) is 0 Å². The number of rotatable bonds is 5. The molecule has 0 bridgehead atoms. The maximum Gasteiger partial charge on any atom is 0.236 e. The highest BCUT2D eigenvalue weighted by Crippen LogP contribution is 2.27. The molecule has 0 saturated heterocycles. The molecule has 0 atom stereocenters. The predicted octanol–water partition coefficient (Wildman–Crippen LogP) is 1.25. The highest BCUT2D eigenvalue weighted by molar-refractivity contribution is 5.77. The number of carbonyl (C=O) groups excluding carboxylic acids is 1. The Labute approximate surface area is 115 Å². The van der Waals surface area contributed by atoms with Crippen LogP contribution in [0.4, 0.5) is 5.69 Å². The van der Waals surface area contributed by atoms with Gasteiger partial charge < -0.3 is 15.1 Å². The van der Waals surface area contributed by atoms with Gasteiger partial charge in [0.05, 0.1) is 6.54 Å². The lowest BCUT2D eigenvalue weighted by Crippen LogP contribution is -2.35. The van der Waals surface area contributed by atoms with Crippen LogP contribution in [-0.2, 0) is 17.8 Å². The van der Waals surface area contributed by atoms with Crippen molar-refractivity contribution in [2.45, 2.75) is 19.9 Å². The Kier molecular flexibility index (Phi) is 4.43. The van der Waals surface area contributed by atoms with Gasteiger partial charge in [0, 0.05) is 39.4 Å². The molecule has 4 heteroatoms. The van der Waals surface area contributed by atoms with Crippen LogP contribution in [0.15, 0.2) is 18.2 Å². The molecule has 0 saturated carbocycles. The SMILES string of the molecule is CCN(C)C(=O)CNCc1ccc2c(c1)CCN2C. The molecule has 1 N–H and O–H groups in total. The minimum Gasteiger partial charge on any atom is -0.374 e. The highest BCUT2D eigenvalue weighted by Gasteiger charge is 2.15. The van der Waals surface area contributed by atoms with Crippen molar-refractivity contribution in [1.82, 2.24) is 10.2 Å². The number of nitrogens with one attached hydrogen (secondary N) is 1. The number of likely N-dealkylation sites (N-methyl/N-ethyl adjacent to an activating group) is 2. The Hall–Kier alpha value is -1.55. The van der Waals surface area contributed by atoms with E-state index in [0.717, 1.165) is 26.1 Å². The molecule has 2 rings (SSSR count). The van der Waals surface area contributed by atoms with Gasteiger partial charge in [-0.15, -0.1) is 0 Å². The van der Waals surface area contributed by atoms with E-state index in [-0.39, 0.29) is 5.91 Å². The van der Waals surface area contributed by atoms with Crippen molar-refractivity contribution in [3.05, 3.63) is 29.3 Å². The van der Waals surface area contributed by atoms with E-state index in [1.165, 1.54) is 16.8 Å². The molecule has 1 heterocycles. The zero-order valence-corrected chi connectivity index (χ0v) is 12.1. The van der Waals surface area contributed by atoms with Crippen molar-refractivity contribution < 1.29 is 4.79 Å². The Bertz CT molecular complexity index is 459. The summed E-state index contributed by atoms with van der Waals surface area (Å²) in [5.74, 6) is 0.142. The maximum atomic E-state index is 11.7. The van der Waals surface area contributed by atoms with E-state index in [1.54, 1.807) is 4.90 Å². The molecule has 1 aromatic rings. The average Bonchev–Trinajstić information content (AvgIpc) is 2.79. The highest BCUT2D eigenvalue weighted by atomic mass is 16.2. The summed E-state index contributed by atoms with van der Waals surface area (Å²) in [7, 11) is 3.96. The first-order valence-corrected chi connectivity index (χ1v) is 6.89. The van der Waals surface area contributed by atoms with Crippen molar-refractivity contribution in [2.24, 2.45) is 0 Å². The summed E-state index contributed by atoms with van der Waals surface area (Å²) in [6.07, 6.45) is 1.12. The van der Waals surface area contributed by atoms with E-state index in [0.29, 0.717) is 6.54 Å². The van der Waals surface area contributed by atoms with Crippen molar-refractivity contribution in [3.8, 4) is 0 Å². The van der Waals surface area contributed by atoms with Crippen LogP contribution in [0.25, 0.3) is 0 Å². The van der Waals surface area contributed by atoms with E-state index in [9.17, 15) is 4.79 Å². The maximum absolute atomic E-state index is 11.7. The lowest BCUT2D eigenvalue weighted by Gasteiger charge is -2.15. The lowest BCUT2D eigenvalue weighted by atomic mass is 10.1. The molecule has 0 aliphatic carbocycles. The van der Waals surface area contributed by atoms with E-state index < -0.39 is 0 Å². The normalized spacial score (nSPS) is 13.5. The number of benzene rings is 1. The number of fused-ring (bicyclic) bond motifs is 1. The number of amides is 1. The number of carbonyl (C=O) groups is 1. The van der Waals surface area contributed by atoms with E-state index >= 15 is 0 Å².